The van der Waals surface area contributed by atoms with E-state index in [4.69, 9.17) is 5.73 Å². The molecule has 0 fully saturated rings. The van der Waals surface area contributed by atoms with E-state index >= 15 is 0 Å². The summed E-state index contributed by atoms with van der Waals surface area (Å²) in [6, 6.07) is 7.41. The number of rotatable bonds is 3. The normalized spacial score (nSPS) is 14.9. The van der Waals surface area contributed by atoms with E-state index in [2.05, 4.69) is 6.07 Å². The van der Waals surface area contributed by atoms with Gasteiger partial charge in [-0.05, 0) is 31.4 Å². The third kappa shape index (κ3) is 2.65. The summed E-state index contributed by atoms with van der Waals surface area (Å²) < 4.78 is 2.05. The molecule has 0 saturated heterocycles. The zero-order valence-corrected chi connectivity index (χ0v) is 14.7. The van der Waals surface area contributed by atoms with Crippen LogP contribution >= 0.6 is 0 Å². The molecule has 2 N–H and O–H groups in total. The average Bonchev–Trinajstić information content (AvgIpc) is 2.63. The quantitative estimate of drug-likeness (QED) is 0.829. The lowest BCUT2D eigenvalue weighted by Crippen LogP contribution is -2.47. The molecule has 0 saturated carbocycles. The summed E-state index contributed by atoms with van der Waals surface area (Å²) in [7, 11) is 2.80. The Balaban J connectivity index is 2.06. The predicted molar refractivity (Wildman–Crippen MR) is 97.2 cm³/mol. The Hall–Kier alpha value is -2.83. The molecule has 2 heterocycles. The molecular formula is C18H22N4O3. The van der Waals surface area contributed by atoms with Crippen molar-refractivity contribution in [2.75, 3.05) is 17.2 Å². The first-order valence-electron chi connectivity index (χ1n) is 8.28. The molecule has 3 rings (SSSR count). The monoisotopic (exact) mass is 342 g/mol. The van der Waals surface area contributed by atoms with Gasteiger partial charge in [-0.3, -0.25) is 18.7 Å². The number of fused-ring (bicyclic) bond motifs is 1. The van der Waals surface area contributed by atoms with Crippen molar-refractivity contribution in [2.45, 2.75) is 25.8 Å². The number of anilines is 2. The lowest BCUT2D eigenvalue weighted by Gasteiger charge is -2.35. The Morgan fingerprint density at radius 3 is 2.56 bits per heavy atom. The van der Waals surface area contributed by atoms with E-state index < -0.39 is 17.3 Å². The average molecular weight is 342 g/mol. The highest BCUT2D eigenvalue weighted by molar-refractivity contribution is 6.04. The van der Waals surface area contributed by atoms with Gasteiger partial charge in [0.1, 0.15) is 11.4 Å². The first-order valence-corrected chi connectivity index (χ1v) is 8.28. The van der Waals surface area contributed by atoms with Crippen LogP contribution in [-0.2, 0) is 20.5 Å². The van der Waals surface area contributed by atoms with Crippen LogP contribution in [-0.4, -0.2) is 27.5 Å². The van der Waals surface area contributed by atoms with Gasteiger partial charge < -0.3 is 10.6 Å². The van der Waals surface area contributed by atoms with Crippen molar-refractivity contribution in [3.05, 3.63) is 56.2 Å². The number of ketones is 1. The van der Waals surface area contributed by atoms with E-state index in [1.807, 2.05) is 23.1 Å². The second-order valence-electron chi connectivity index (χ2n) is 6.43. The van der Waals surface area contributed by atoms with Crippen LogP contribution in [0, 0.1) is 0 Å². The molecule has 1 aliphatic heterocycles. The van der Waals surface area contributed by atoms with Crippen LogP contribution in [0.5, 0.6) is 0 Å². The number of carbonyl (C=O) groups is 1. The van der Waals surface area contributed by atoms with Crippen molar-refractivity contribution in [1.82, 2.24) is 9.13 Å². The zero-order valence-electron chi connectivity index (χ0n) is 14.7. The van der Waals surface area contributed by atoms with Gasteiger partial charge in [-0.1, -0.05) is 18.2 Å². The summed E-state index contributed by atoms with van der Waals surface area (Å²) in [5.41, 5.74) is 6.80. The van der Waals surface area contributed by atoms with Gasteiger partial charge in [-0.15, -0.1) is 0 Å². The molecule has 132 valence electrons. The minimum absolute atomic E-state index is 0.0877. The smallest absolute Gasteiger partial charge is 0.332 e. The van der Waals surface area contributed by atoms with Crippen LogP contribution in [0.1, 0.15) is 29.3 Å². The summed E-state index contributed by atoms with van der Waals surface area (Å²) in [6.45, 7) is 2.50. The summed E-state index contributed by atoms with van der Waals surface area (Å²) >= 11 is 0. The van der Waals surface area contributed by atoms with Gasteiger partial charge in [0, 0.05) is 26.3 Å². The van der Waals surface area contributed by atoms with Gasteiger partial charge in [0.05, 0.1) is 6.04 Å². The highest BCUT2D eigenvalue weighted by atomic mass is 16.2. The Morgan fingerprint density at radius 2 is 1.84 bits per heavy atom. The molecule has 0 radical (unpaired) electrons. The van der Waals surface area contributed by atoms with E-state index in [9.17, 15) is 14.4 Å². The minimum atomic E-state index is -0.650. The molecule has 1 atom stereocenters. The number of aryl methyl sites for hydroxylation is 1. The number of nitrogen functional groups attached to an aromatic ring is 1. The van der Waals surface area contributed by atoms with Crippen molar-refractivity contribution < 1.29 is 4.79 Å². The zero-order chi connectivity index (χ0) is 18.3. The lowest BCUT2D eigenvalue weighted by molar-refractivity contribution is 0.0961. The largest absolute Gasteiger partial charge is 0.384 e. The summed E-state index contributed by atoms with van der Waals surface area (Å²) in [4.78, 5) is 39.5. The fourth-order valence-electron chi connectivity index (χ4n) is 3.41. The molecule has 1 aliphatic rings. The molecule has 7 heteroatoms. The number of aromatic nitrogens is 2. The van der Waals surface area contributed by atoms with Crippen molar-refractivity contribution >= 4 is 17.3 Å². The van der Waals surface area contributed by atoms with Crippen LogP contribution < -0.4 is 21.9 Å². The highest BCUT2D eigenvalue weighted by Gasteiger charge is 2.30. The Bertz CT molecular complexity index is 958. The second kappa shape index (κ2) is 6.23. The van der Waals surface area contributed by atoms with Crippen molar-refractivity contribution in [3.8, 4) is 0 Å². The first kappa shape index (κ1) is 17.0. The molecule has 0 amide bonds. The van der Waals surface area contributed by atoms with Crippen LogP contribution in [0.25, 0.3) is 0 Å². The van der Waals surface area contributed by atoms with Crippen LogP contribution in [0.15, 0.2) is 33.9 Å². The maximum atomic E-state index is 13.1. The number of nitrogens with two attached hydrogens (primary N) is 1. The van der Waals surface area contributed by atoms with E-state index in [0.29, 0.717) is 0 Å². The predicted octanol–water partition coefficient (Wildman–Crippen LogP) is 0.690. The summed E-state index contributed by atoms with van der Waals surface area (Å²) in [5, 5.41) is 0. The molecular weight excluding hydrogens is 320 g/mol. The van der Waals surface area contributed by atoms with Crippen LogP contribution in [0.3, 0.4) is 0 Å². The van der Waals surface area contributed by atoms with E-state index in [1.165, 1.54) is 19.7 Å². The number of hydrogen-bond donors (Lipinski definition) is 1. The lowest BCUT2D eigenvalue weighted by atomic mass is 9.97. The molecule has 1 aromatic heterocycles. The third-order valence-corrected chi connectivity index (χ3v) is 4.95. The number of hydrogen-bond acceptors (Lipinski definition) is 5. The van der Waals surface area contributed by atoms with Gasteiger partial charge in [-0.25, -0.2) is 4.79 Å². The standard InChI is InChI=1S/C18H22N4O3/c1-11(22-10-6-8-12-7-4-5-9-13(12)22)15(23)14-16(19)20(2)18(25)21(3)17(14)24/h4-5,7,9,11H,6,8,10,19H2,1-3H3. The molecule has 0 spiro atoms. The molecule has 2 aromatic rings. The van der Waals surface area contributed by atoms with Crippen LogP contribution in [0.4, 0.5) is 11.5 Å². The number of para-hydroxylation sites is 1. The highest BCUT2D eigenvalue weighted by Crippen LogP contribution is 2.29. The first-order chi connectivity index (χ1) is 11.8. The van der Waals surface area contributed by atoms with Gasteiger partial charge in [0.15, 0.2) is 5.78 Å². The van der Waals surface area contributed by atoms with Gasteiger partial charge >= 0.3 is 5.69 Å². The molecule has 25 heavy (non-hydrogen) atoms. The van der Waals surface area contributed by atoms with Gasteiger partial charge in [0.2, 0.25) is 0 Å². The van der Waals surface area contributed by atoms with Crippen molar-refractivity contribution in [1.29, 1.82) is 0 Å². The third-order valence-electron chi connectivity index (χ3n) is 4.95. The van der Waals surface area contributed by atoms with Gasteiger partial charge in [-0.2, -0.15) is 0 Å². The number of nitrogens with zero attached hydrogens (tertiary/aromatic N) is 3. The van der Waals surface area contributed by atoms with E-state index in [-0.39, 0.29) is 17.2 Å². The molecule has 7 nitrogen and oxygen atoms in total. The van der Waals surface area contributed by atoms with Gasteiger partial charge in [0.25, 0.3) is 5.56 Å². The Morgan fingerprint density at radius 1 is 1.16 bits per heavy atom. The number of benzene rings is 1. The number of Topliss-reactive ketones (excluding diaryl/α,β-unsaturated/α-hetero) is 1. The van der Waals surface area contributed by atoms with Crippen molar-refractivity contribution in [3.63, 3.8) is 0 Å². The minimum Gasteiger partial charge on any atom is -0.384 e. The summed E-state index contributed by atoms with van der Waals surface area (Å²) in [5.74, 6) is -0.458. The molecule has 0 bridgehead atoms. The van der Waals surface area contributed by atoms with Crippen LogP contribution in [0.2, 0.25) is 0 Å². The topological polar surface area (TPSA) is 90.3 Å². The SMILES string of the molecule is CC(C(=O)c1c(N)n(C)c(=O)n(C)c1=O)N1CCCc2ccccc21. The molecule has 1 unspecified atom stereocenters. The molecule has 0 aliphatic carbocycles. The van der Waals surface area contributed by atoms with E-state index in [0.717, 1.165) is 34.2 Å². The molecule has 1 aromatic carbocycles. The Labute approximate surface area is 145 Å². The van der Waals surface area contributed by atoms with Crippen molar-refractivity contribution in [2.24, 2.45) is 14.1 Å². The fourth-order valence-corrected chi connectivity index (χ4v) is 3.41. The Kier molecular flexibility index (Phi) is 4.24. The maximum Gasteiger partial charge on any atom is 0.332 e. The number of carbonyl (C=O) groups excluding carboxylic acids is 1. The summed E-state index contributed by atoms with van der Waals surface area (Å²) in [6.07, 6.45) is 1.91. The second-order valence-corrected chi connectivity index (χ2v) is 6.43. The maximum absolute atomic E-state index is 13.1. The van der Waals surface area contributed by atoms with E-state index in [1.54, 1.807) is 6.92 Å². The fraction of sp³-hybridized carbons (Fsp3) is 0.389.